The molecule has 0 saturated carbocycles. The molecule has 3 nitrogen and oxygen atoms in total. The van der Waals surface area contributed by atoms with Gasteiger partial charge in [-0.25, -0.2) is 9.97 Å². The van der Waals surface area contributed by atoms with E-state index in [-0.39, 0.29) is 0 Å². The van der Waals surface area contributed by atoms with Gasteiger partial charge >= 0.3 is 0 Å². The number of rotatable bonds is 1. The molecular formula is C10H15N3S. The third-order valence-corrected chi connectivity index (χ3v) is 3.56. The van der Waals surface area contributed by atoms with Gasteiger partial charge in [0.1, 0.15) is 12.1 Å². The Morgan fingerprint density at radius 3 is 2.64 bits per heavy atom. The van der Waals surface area contributed by atoms with Crippen molar-refractivity contribution in [1.29, 1.82) is 0 Å². The van der Waals surface area contributed by atoms with Crippen molar-refractivity contribution in [3.05, 3.63) is 17.6 Å². The van der Waals surface area contributed by atoms with E-state index in [1.807, 2.05) is 18.7 Å². The minimum atomic E-state index is 1.09. The Kier molecular flexibility index (Phi) is 2.91. The van der Waals surface area contributed by atoms with Gasteiger partial charge in [0, 0.05) is 35.9 Å². The average Bonchev–Trinajstić information content (AvgIpc) is 2.23. The molecule has 0 amide bonds. The number of aromatic nitrogens is 2. The van der Waals surface area contributed by atoms with Gasteiger partial charge in [-0.2, -0.15) is 11.8 Å². The van der Waals surface area contributed by atoms with E-state index in [0.717, 1.165) is 24.6 Å². The number of nitrogens with zero attached hydrogens (tertiary/aromatic N) is 3. The first-order chi connectivity index (χ1) is 6.79. The molecule has 2 rings (SSSR count). The van der Waals surface area contributed by atoms with Crippen LogP contribution >= 0.6 is 11.8 Å². The first kappa shape index (κ1) is 9.77. The molecule has 2 heterocycles. The van der Waals surface area contributed by atoms with Crippen molar-refractivity contribution in [2.45, 2.75) is 13.8 Å². The lowest BCUT2D eigenvalue weighted by molar-refractivity contribution is 0.824. The number of hydrogen-bond acceptors (Lipinski definition) is 4. The molecule has 1 fully saturated rings. The van der Waals surface area contributed by atoms with Gasteiger partial charge in [0.25, 0.3) is 0 Å². The minimum Gasteiger partial charge on any atom is -0.355 e. The molecule has 1 aliphatic heterocycles. The summed E-state index contributed by atoms with van der Waals surface area (Å²) in [7, 11) is 0. The van der Waals surface area contributed by atoms with Crippen LogP contribution in [0.2, 0.25) is 0 Å². The third kappa shape index (κ3) is 1.85. The predicted octanol–water partition coefficient (Wildman–Crippen LogP) is 1.65. The van der Waals surface area contributed by atoms with Gasteiger partial charge in [0.2, 0.25) is 0 Å². The summed E-state index contributed by atoms with van der Waals surface area (Å²) in [5.74, 6) is 3.54. The van der Waals surface area contributed by atoms with Gasteiger partial charge in [0.15, 0.2) is 0 Å². The van der Waals surface area contributed by atoms with Crippen molar-refractivity contribution in [3.8, 4) is 0 Å². The zero-order valence-corrected chi connectivity index (χ0v) is 9.47. The summed E-state index contributed by atoms with van der Waals surface area (Å²) < 4.78 is 0. The molecular weight excluding hydrogens is 194 g/mol. The maximum atomic E-state index is 4.37. The zero-order valence-electron chi connectivity index (χ0n) is 8.66. The van der Waals surface area contributed by atoms with Crippen LogP contribution in [0.15, 0.2) is 6.33 Å². The minimum absolute atomic E-state index is 1.09. The van der Waals surface area contributed by atoms with Crippen molar-refractivity contribution in [3.63, 3.8) is 0 Å². The SMILES string of the molecule is Cc1ncnc(N2CCSCC2)c1C. The van der Waals surface area contributed by atoms with E-state index in [4.69, 9.17) is 0 Å². The average molecular weight is 209 g/mol. The lowest BCUT2D eigenvalue weighted by Crippen LogP contribution is -2.33. The quantitative estimate of drug-likeness (QED) is 0.703. The normalized spacial score (nSPS) is 17.1. The lowest BCUT2D eigenvalue weighted by atomic mass is 10.2. The number of hydrogen-bond donors (Lipinski definition) is 0. The van der Waals surface area contributed by atoms with E-state index in [1.54, 1.807) is 6.33 Å². The van der Waals surface area contributed by atoms with Crippen LogP contribution in [0, 0.1) is 13.8 Å². The largest absolute Gasteiger partial charge is 0.355 e. The molecule has 0 unspecified atom stereocenters. The first-order valence-corrected chi connectivity index (χ1v) is 6.05. The summed E-state index contributed by atoms with van der Waals surface area (Å²) >= 11 is 2.02. The second-order valence-electron chi connectivity index (χ2n) is 3.51. The van der Waals surface area contributed by atoms with Gasteiger partial charge in [-0.05, 0) is 13.8 Å². The lowest BCUT2D eigenvalue weighted by Gasteiger charge is -2.28. The molecule has 0 atom stereocenters. The summed E-state index contributed by atoms with van der Waals surface area (Å²) in [5, 5.41) is 0. The Labute approximate surface area is 88.9 Å². The van der Waals surface area contributed by atoms with Crippen molar-refractivity contribution in [2.75, 3.05) is 29.5 Å². The van der Waals surface area contributed by atoms with Crippen LogP contribution < -0.4 is 4.90 Å². The van der Waals surface area contributed by atoms with E-state index < -0.39 is 0 Å². The van der Waals surface area contributed by atoms with E-state index in [1.165, 1.54) is 17.1 Å². The smallest absolute Gasteiger partial charge is 0.135 e. The molecule has 0 radical (unpaired) electrons. The van der Waals surface area contributed by atoms with E-state index in [0.29, 0.717) is 0 Å². The second-order valence-corrected chi connectivity index (χ2v) is 4.73. The van der Waals surface area contributed by atoms with Crippen molar-refractivity contribution in [1.82, 2.24) is 9.97 Å². The molecule has 1 aromatic rings. The fourth-order valence-corrected chi connectivity index (χ4v) is 2.52. The molecule has 0 spiro atoms. The number of thioether (sulfide) groups is 1. The molecule has 1 aromatic heterocycles. The van der Waals surface area contributed by atoms with E-state index in [2.05, 4.69) is 21.8 Å². The molecule has 1 saturated heterocycles. The molecule has 14 heavy (non-hydrogen) atoms. The van der Waals surface area contributed by atoms with Gasteiger partial charge in [-0.3, -0.25) is 0 Å². The van der Waals surface area contributed by atoms with Crippen LogP contribution in [0.3, 0.4) is 0 Å². The molecule has 1 aliphatic rings. The van der Waals surface area contributed by atoms with Gasteiger partial charge in [0.05, 0.1) is 0 Å². The highest BCUT2D eigenvalue weighted by Gasteiger charge is 2.15. The highest BCUT2D eigenvalue weighted by Crippen LogP contribution is 2.21. The van der Waals surface area contributed by atoms with Crippen LogP contribution in [0.25, 0.3) is 0 Å². The van der Waals surface area contributed by atoms with Crippen LogP contribution in [0.4, 0.5) is 5.82 Å². The molecule has 0 aromatic carbocycles. The highest BCUT2D eigenvalue weighted by atomic mass is 32.2. The summed E-state index contributed by atoms with van der Waals surface area (Å²) in [4.78, 5) is 10.9. The molecule has 4 heteroatoms. The molecule has 0 aliphatic carbocycles. The highest BCUT2D eigenvalue weighted by molar-refractivity contribution is 7.99. The van der Waals surface area contributed by atoms with Crippen LogP contribution in [-0.4, -0.2) is 34.6 Å². The Balaban J connectivity index is 2.26. The topological polar surface area (TPSA) is 29.0 Å². The van der Waals surface area contributed by atoms with E-state index >= 15 is 0 Å². The van der Waals surface area contributed by atoms with Gasteiger partial charge < -0.3 is 4.90 Å². The Morgan fingerprint density at radius 2 is 1.93 bits per heavy atom. The molecule has 0 N–H and O–H groups in total. The van der Waals surface area contributed by atoms with Gasteiger partial charge in [-0.1, -0.05) is 0 Å². The van der Waals surface area contributed by atoms with Crippen molar-refractivity contribution in [2.24, 2.45) is 0 Å². The van der Waals surface area contributed by atoms with Crippen molar-refractivity contribution >= 4 is 17.6 Å². The third-order valence-electron chi connectivity index (χ3n) is 2.62. The Hall–Kier alpha value is -0.770. The maximum Gasteiger partial charge on any atom is 0.135 e. The summed E-state index contributed by atoms with van der Waals surface area (Å²) in [6, 6.07) is 0. The number of aryl methyl sites for hydroxylation is 1. The fourth-order valence-electron chi connectivity index (χ4n) is 1.62. The second kappa shape index (κ2) is 4.17. The van der Waals surface area contributed by atoms with Gasteiger partial charge in [-0.15, -0.1) is 0 Å². The molecule has 76 valence electrons. The Morgan fingerprint density at radius 1 is 1.21 bits per heavy atom. The summed E-state index contributed by atoms with van der Waals surface area (Å²) in [6.07, 6.45) is 1.67. The van der Waals surface area contributed by atoms with Crippen molar-refractivity contribution < 1.29 is 0 Å². The van der Waals surface area contributed by atoms with Crippen LogP contribution in [0.5, 0.6) is 0 Å². The fraction of sp³-hybridized carbons (Fsp3) is 0.600. The van der Waals surface area contributed by atoms with Crippen LogP contribution in [0.1, 0.15) is 11.3 Å². The summed E-state index contributed by atoms with van der Waals surface area (Å²) in [5.41, 5.74) is 2.31. The monoisotopic (exact) mass is 209 g/mol. The van der Waals surface area contributed by atoms with Crippen LogP contribution in [-0.2, 0) is 0 Å². The Bertz CT molecular complexity index is 321. The number of anilines is 1. The van der Waals surface area contributed by atoms with E-state index in [9.17, 15) is 0 Å². The maximum absolute atomic E-state index is 4.37. The summed E-state index contributed by atoms with van der Waals surface area (Å²) in [6.45, 7) is 6.37. The zero-order chi connectivity index (χ0) is 9.97. The molecule has 0 bridgehead atoms. The first-order valence-electron chi connectivity index (χ1n) is 4.90. The predicted molar refractivity (Wildman–Crippen MR) is 61.0 cm³/mol. The standard InChI is InChI=1S/C10H15N3S/c1-8-9(2)11-7-12-10(8)13-3-5-14-6-4-13/h7H,3-6H2,1-2H3.